The molecular weight excluding hydrogens is 363 g/mol. The molecule has 0 fully saturated rings. The van der Waals surface area contributed by atoms with E-state index in [-0.39, 0.29) is 0 Å². The van der Waals surface area contributed by atoms with Crippen molar-refractivity contribution in [3.8, 4) is 0 Å². The molecule has 0 aliphatic rings. The monoisotopic (exact) mass is 366 g/mol. The van der Waals surface area contributed by atoms with Crippen LogP contribution in [-0.2, 0) is 4.74 Å². The molecule has 0 bridgehead atoms. The molecule has 0 saturated heterocycles. The van der Waals surface area contributed by atoms with Crippen molar-refractivity contribution in [2.24, 2.45) is 0 Å². The molecule has 0 radical (unpaired) electrons. The maximum atomic E-state index is 13.1. The number of benzene rings is 2. The molecule has 0 N–H and O–H groups in total. The van der Waals surface area contributed by atoms with Gasteiger partial charge in [-0.3, -0.25) is 0 Å². The van der Waals surface area contributed by atoms with Gasteiger partial charge in [0.05, 0.1) is 21.2 Å². The van der Waals surface area contributed by atoms with E-state index in [0.29, 0.717) is 24.3 Å². The number of hydrogen-bond donors (Lipinski definition) is 0. The lowest BCUT2D eigenvalue weighted by Gasteiger charge is -2.07. The highest BCUT2D eigenvalue weighted by molar-refractivity contribution is 6.35. The van der Waals surface area contributed by atoms with Gasteiger partial charge in [0.1, 0.15) is 0 Å². The van der Waals surface area contributed by atoms with Gasteiger partial charge in [0.15, 0.2) is 23.3 Å². The average Bonchev–Trinajstić information content (AvgIpc) is 2.46. The predicted octanol–water partition coefficient (Wildman–Crippen LogP) is 4.55. The van der Waals surface area contributed by atoms with E-state index in [1.807, 2.05) is 0 Å². The van der Waals surface area contributed by atoms with E-state index in [4.69, 9.17) is 23.2 Å². The van der Waals surface area contributed by atoms with E-state index in [2.05, 4.69) is 4.74 Å². The number of esters is 2. The molecule has 2 rings (SSSR count). The lowest BCUT2D eigenvalue weighted by molar-refractivity contribution is 0.0397. The van der Waals surface area contributed by atoms with Gasteiger partial charge in [0.2, 0.25) is 0 Å². The molecule has 0 atom stereocenters. The van der Waals surface area contributed by atoms with Gasteiger partial charge in [-0.1, -0.05) is 23.2 Å². The van der Waals surface area contributed by atoms with Crippen molar-refractivity contribution in [1.29, 1.82) is 0 Å². The lowest BCUT2D eigenvalue weighted by Crippen LogP contribution is -2.14. The summed E-state index contributed by atoms with van der Waals surface area (Å²) in [6.07, 6.45) is 0. The third-order valence-corrected chi connectivity index (χ3v) is 3.27. The topological polar surface area (TPSA) is 43.4 Å². The Hall–Kier alpha value is -2.12. The highest BCUT2D eigenvalue weighted by Crippen LogP contribution is 2.24. The Morgan fingerprint density at radius 1 is 0.696 bits per heavy atom. The van der Waals surface area contributed by atoms with Crippen LogP contribution in [0.4, 0.5) is 17.6 Å². The molecule has 0 spiro atoms. The van der Waals surface area contributed by atoms with E-state index < -0.39 is 56.4 Å². The van der Waals surface area contributed by atoms with Crippen molar-refractivity contribution < 1.29 is 31.9 Å². The largest absolute Gasteiger partial charge is 0.386 e. The van der Waals surface area contributed by atoms with Gasteiger partial charge in [-0.05, 0) is 24.3 Å². The summed E-state index contributed by atoms with van der Waals surface area (Å²) in [7, 11) is 0. The van der Waals surface area contributed by atoms with Crippen molar-refractivity contribution >= 4 is 35.1 Å². The first-order chi connectivity index (χ1) is 10.7. The van der Waals surface area contributed by atoms with Gasteiger partial charge in [0.25, 0.3) is 0 Å². The van der Waals surface area contributed by atoms with Crippen molar-refractivity contribution in [2.75, 3.05) is 0 Å². The Morgan fingerprint density at radius 2 is 1.00 bits per heavy atom. The normalized spacial score (nSPS) is 10.5. The molecule has 23 heavy (non-hydrogen) atoms. The molecule has 0 unspecified atom stereocenters. The number of hydrogen-bond acceptors (Lipinski definition) is 3. The molecule has 2 aromatic rings. The number of halogens is 6. The zero-order chi connectivity index (χ0) is 17.3. The minimum Gasteiger partial charge on any atom is -0.386 e. The van der Waals surface area contributed by atoms with Gasteiger partial charge in [-0.15, -0.1) is 0 Å². The van der Waals surface area contributed by atoms with Gasteiger partial charge >= 0.3 is 11.9 Å². The molecule has 0 aromatic heterocycles. The molecule has 0 amide bonds. The third kappa shape index (κ3) is 3.62. The van der Waals surface area contributed by atoms with Gasteiger partial charge < -0.3 is 4.74 Å². The van der Waals surface area contributed by atoms with Crippen molar-refractivity contribution in [2.45, 2.75) is 0 Å². The number of ether oxygens (including phenoxy) is 1. The predicted molar refractivity (Wildman–Crippen MR) is 72.5 cm³/mol. The van der Waals surface area contributed by atoms with Crippen LogP contribution in [0.3, 0.4) is 0 Å². The van der Waals surface area contributed by atoms with Crippen LogP contribution >= 0.6 is 23.2 Å². The minimum absolute atomic E-state index is 0.431. The molecule has 2 aromatic carbocycles. The Balaban J connectivity index is 2.29. The standard InChI is InChI=1S/C14H4Cl2F4O3/c15-7-3-11(19)9(17)1-5(7)13(21)23-14(22)6-2-10(18)12(20)4-8(6)16/h1-4H. The summed E-state index contributed by atoms with van der Waals surface area (Å²) in [6, 6.07) is 1.89. The molecular formula is C14H4Cl2F4O3. The fourth-order valence-electron chi connectivity index (χ4n) is 1.55. The van der Waals surface area contributed by atoms with E-state index in [1.165, 1.54) is 0 Å². The molecule has 0 heterocycles. The van der Waals surface area contributed by atoms with Crippen LogP contribution in [-0.4, -0.2) is 11.9 Å². The van der Waals surface area contributed by atoms with Gasteiger partial charge in [-0.2, -0.15) is 0 Å². The second-order valence-corrected chi connectivity index (χ2v) is 4.98. The van der Waals surface area contributed by atoms with Crippen LogP contribution in [0, 0.1) is 23.3 Å². The van der Waals surface area contributed by atoms with Crippen LogP contribution in [0.15, 0.2) is 24.3 Å². The summed E-state index contributed by atoms with van der Waals surface area (Å²) < 4.78 is 56.4. The van der Waals surface area contributed by atoms with Crippen LogP contribution in [0.2, 0.25) is 10.0 Å². The highest BCUT2D eigenvalue weighted by atomic mass is 35.5. The van der Waals surface area contributed by atoms with Crippen LogP contribution in [0.1, 0.15) is 20.7 Å². The molecule has 9 heteroatoms. The summed E-state index contributed by atoms with van der Waals surface area (Å²) >= 11 is 11.1. The smallest absolute Gasteiger partial charge is 0.347 e. The molecule has 0 saturated carbocycles. The SMILES string of the molecule is O=C(OC(=O)c1cc(F)c(F)cc1Cl)c1cc(F)c(F)cc1Cl. The van der Waals surface area contributed by atoms with Crippen LogP contribution in [0.5, 0.6) is 0 Å². The molecule has 120 valence electrons. The highest BCUT2D eigenvalue weighted by Gasteiger charge is 2.23. The lowest BCUT2D eigenvalue weighted by atomic mass is 10.2. The molecule has 0 aliphatic carbocycles. The average molecular weight is 367 g/mol. The molecule has 0 aliphatic heterocycles. The summed E-state index contributed by atoms with van der Waals surface area (Å²) in [5, 5.41) is -1.00. The second kappa shape index (κ2) is 6.55. The molecule has 3 nitrogen and oxygen atoms in total. The van der Waals surface area contributed by atoms with Crippen molar-refractivity contribution in [3.63, 3.8) is 0 Å². The summed E-state index contributed by atoms with van der Waals surface area (Å²) in [4.78, 5) is 23.5. The maximum Gasteiger partial charge on any atom is 0.347 e. The first-order valence-corrected chi connectivity index (χ1v) is 6.52. The summed E-state index contributed by atoms with van der Waals surface area (Å²) in [5.74, 6) is -8.22. The zero-order valence-corrected chi connectivity index (χ0v) is 12.3. The van der Waals surface area contributed by atoms with Crippen LogP contribution < -0.4 is 0 Å². The van der Waals surface area contributed by atoms with Crippen LogP contribution in [0.25, 0.3) is 0 Å². The van der Waals surface area contributed by atoms with Gasteiger partial charge in [0, 0.05) is 0 Å². The Labute approximate surface area is 136 Å². The zero-order valence-electron chi connectivity index (χ0n) is 10.8. The number of carbonyl (C=O) groups excluding carboxylic acids is 2. The van der Waals surface area contributed by atoms with E-state index in [9.17, 15) is 27.2 Å². The fraction of sp³-hybridized carbons (Fsp3) is 0. The third-order valence-electron chi connectivity index (χ3n) is 2.65. The Morgan fingerprint density at radius 3 is 1.35 bits per heavy atom. The van der Waals surface area contributed by atoms with E-state index >= 15 is 0 Å². The Bertz CT molecular complexity index is 757. The maximum absolute atomic E-state index is 13.1. The number of carbonyl (C=O) groups is 2. The minimum atomic E-state index is -1.42. The van der Waals surface area contributed by atoms with Gasteiger partial charge in [-0.25, -0.2) is 27.2 Å². The first kappa shape index (κ1) is 17.2. The first-order valence-electron chi connectivity index (χ1n) is 5.76. The summed E-state index contributed by atoms with van der Waals surface area (Å²) in [5.41, 5.74) is -1.25. The van der Waals surface area contributed by atoms with E-state index in [1.54, 1.807) is 0 Å². The Kier molecular flexibility index (Phi) is 4.91. The van der Waals surface area contributed by atoms with Crippen molar-refractivity contribution in [1.82, 2.24) is 0 Å². The summed E-state index contributed by atoms with van der Waals surface area (Å²) in [6.45, 7) is 0. The quantitative estimate of drug-likeness (QED) is 0.339. The number of rotatable bonds is 2. The van der Waals surface area contributed by atoms with Crippen molar-refractivity contribution in [3.05, 3.63) is 68.7 Å². The van der Waals surface area contributed by atoms with E-state index in [0.717, 1.165) is 0 Å². The second-order valence-electron chi connectivity index (χ2n) is 4.17. The fourth-order valence-corrected chi connectivity index (χ4v) is 2.01.